The van der Waals surface area contributed by atoms with E-state index in [9.17, 15) is 35.9 Å². The number of piperazine rings is 1. The molecule has 1 amide bonds. The van der Waals surface area contributed by atoms with Crippen LogP contribution in [0, 0.1) is 0 Å². The zero-order valence-electron chi connectivity index (χ0n) is 19.3. The fourth-order valence-electron chi connectivity index (χ4n) is 4.23. The molecular weight excluding hydrogens is 512 g/mol. The number of carbonyl (C=O) groups is 1. The minimum Gasteiger partial charge on any atom is -0.380 e. The Kier molecular flexibility index (Phi) is 7.57. The van der Waals surface area contributed by atoms with Gasteiger partial charge in [0.05, 0.1) is 36.1 Å². The van der Waals surface area contributed by atoms with E-state index < -0.39 is 46.9 Å². The maximum Gasteiger partial charge on any atom is 0.423 e. The number of nitrogens with zero attached hydrogens (tertiary/aromatic N) is 5. The second kappa shape index (κ2) is 10.5. The molecule has 2 aliphatic heterocycles. The first-order valence-electron chi connectivity index (χ1n) is 11.4. The van der Waals surface area contributed by atoms with Crippen molar-refractivity contribution in [2.75, 3.05) is 42.9 Å². The van der Waals surface area contributed by atoms with Crippen molar-refractivity contribution in [1.82, 2.24) is 25.1 Å². The van der Waals surface area contributed by atoms with Gasteiger partial charge in [0.25, 0.3) is 5.56 Å². The predicted octanol–water partition coefficient (Wildman–Crippen LogP) is 2.30. The highest BCUT2D eigenvalue weighted by Crippen LogP contribution is 2.32. The zero-order valence-corrected chi connectivity index (χ0v) is 19.3. The molecule has 4 rings (SSSR count). The van der Waals surface area contributed by atoms with E-state index in [1.807, 2.05) is 0 Å². The fraction of sp³-hybridized carbons (Fsp3) is 0.571. The molecule has 0 spiro atoms. The Morgan fingerprint density at radius 1 is 1.00 bits per heavy atom. The summed E-state index contributed by atoms with van der Waals surface area (Å²) < 4.78 is 83.3. The lowest BCUT2D eigenvalue weighted by atomic mass is 10.1. The third-order valence-electron chi connectivity index (χ3n) is 6.14. The van der Waals surface area contributed by atoms with Crippen LogP contribution in [0.15, 0.2) is 23.4 Å². The Balaban J connectivity index is 1.23. The molecule has 2 aromatic rings. The number of carbonyl (C=O) groups excluding carboxylic acids is 1. The van der Waals surface area contributed by atoms with E-state index >= 15 is 0 Å². The minimum atomic E-state index is -4.85. The monoisotopic (exact) mass is 535 g/mol. The first kappa shape index (κ1) is 26.6. The van der Waals surface area contributed by atoms with Crippen LogP contribution in [0.4, 0.5) is 38.0 Å². The molecule has 202 valence electrons. The van der Waals surface area contributed by atoms with Gasteiger partial charge >= 0.3 is 12.4 Å². The minimum absolute atomic E-state index is 0.00467. The number of H-pyrrole nitrogens is 1. The van der Waals surface area contributed by atoms with Crippen LogP contribution in [-0.4, -0.2) is 75.9 Å². The van der Waals surface area contributed by atoms with Crippen molar-refractivity contribution in [3.8, 4) is 0 Å². The highest BCUT2D eigenvalue weighted by atomic mass is 19.4. The highest BCUT2D eigenvalue weighted by molar-refractivity contribution is 5.77. The molecule has 0 saturated carbocycles. The number of anilines is 2. The van der Waals surface area contributed by atoms with E-state index in [-0.39, 0.29) is 24.8 Å². The number of halogens is 6. The zero-order chi connectivity index (χ0) is 26.8. The molecule has 0 aromatic carbocycles. The smallest absolute Gasteiger partial charge is 0.380 e. The number of aromatic amines is 1. The molecule has 0 unspecified atom stereocenters. The number of nitrogens with one attached hydrogen (secondary N) is 2. The molecule has 0 bridgehead atoms. The molecule has 0 aliphatic carbocycles. The van der Waals surface area contributed by atoms with Crippen molar-refractivity contribution in [3.63, 3.8) is 0 Å². The predicted molar refractivity (Wildman–Crippen MR) is 117 cm³/mol. The van der Waals surface area contributed by atoms with Gasteiger partial charge in [-0.1, -0.05) is 0 Å². The topological polar surface area (TPSA) is 116 Å². The van der Waals surface area contributed by atoms with Gasteiger partial charge in [0, 0.05) is 45.1 Å². The average Bonchev–Trinajstić information content (AvgIpc) is 3.28. The van der Waals surface area contributed by atoms with Crippen molar-refractivity contribution >= 4 is 17.5 Å². The third kappa shape index (κ3) is 6.47. The summed E-state index contributed by atoms with van der Waals surface area (Å²) in [5, 5.41) is 7.73. The molecular formula is C21H23F6N7O3. The molecule has 2 N–H and O–H groups in total. The molecule has 2 fully saturated rings. The average molecular weight is 535 g/mol. The summed E-state index contributed by atoms with van der Waals surface area (Å²) in [6, 6.07) is 0. The lowest BCUT2D eigenvalue weighted by Gasteiger charge is -2.35. The van der Waals surface area contributed by atoms with Crippen LogP contribution in [0.3, 0.4) is 0 Å². The normalized spacial score (nSPS) is 20.8. The van der Waals surface area contributed by atoms with Gasteiger partial charge in [-0.25, -0.2) is 15.1 Å². The fourth-order valence-corrected chi connectivity index (χ4v) is 4.23. The molecule has 0 radical (unpaired) electrons. The second-order valence-electron chi connectivity index (χ2n) is 8.67. The van der Waals surface area contributed by atoms with E-state index in [2.05, 4.69) is 20.4 Å². The van der Waals surface area contributed by atoms with Crippen LogP contribution < -0.4 is 15.8 Å². The molecule has 16 heteroatoms. The van der Waals surface area contributed by atoms with Gasteiger partial charge in [0.1, 0.15) is 5.56 Å². The molecule has 4 heterocycles. The van der Waals surface area contributed by atoms with Gasteiger partial charge in [-0.3, -0.25) is 9.59 Å². The molecule has 10 nitrogen and oxygen atoms in total. The van der Waals surface area contributed by atoms with Gasteiger partial charge in [-0.15, -0.1) is 0 Å². The van der Waals surface area contributed by atoms with Gasteiger partial charge in [-0.2, -0.15) is 31.4 Å². The van der Waals surface area contributed by atoms with Crippen LogP contribution in [0.25, 0.3) is 0 Å². The Morgan fingerprint density at radius 3 is 2.27 bits per heavy atom. The van der Waals surface area contributed by atoms with E-state index in [0.29, 0.717) is 39.0 Å². The first-order valence-corrected chi connectivity index (χ1v) is 11.4. The lowest BCUT2D eigenvalue weighted by molar-refractivity contribution is -0.139. The number of aromatic nitrogens is 4. The number of alkyl halides is 6. The standard InChI is InChI=1S/C21H23F6N7O3/c22-20(23,24)12-8-29-19(30-9-12)34-5-3-33(4-6-34)16(35)7-13-1-2-14(37-13)10-28-15-11-31-32-18(36)17(15)21(25,26)27/h8-9,11,13-14H,1-7,10H2,(H2,28,32,36)/t13-,14+/m1/s1. The summed E-state index contributed by atoms with van der Waals surface area (Å²) in [5.41, 5.74) is -4.11. The van der Waals surface area contributed by atoms with Crippen molar-refractivity contribution in [1.29, 1.82) is 0 Å². The Hall–Kier alpha value is -3.43. The Labute approximate surface area is 206 Å². The molecule has 2 atom stereocenters. The van der Waals surface area contributed by atoms with Crippen LogP contribution in [0.5, 0.6) is 0 Å². The number of ether oxygens (including phenoxy) is 1. The van der Waals surface area contributed by atoms with E-state index in [1.54, 1.807) is 14.9 Å². The summed E-state index contributed by atoms with van der Waals surface area (Å²) in [4.78, 5) is 35.1. The van der Waals surface area contributed by atoms with Crippen molar-refractivity contribution in [2.24, 2.45) is 0 Å². The quantitative estimate of drug-likeness (QED) is 0.542. The lowest BCUT2D eigenvalue weighted by Crippen LogP contribution is -2.49. The van der Waals surface area contributed by atoms with Gasteiger partial charge in [0.2, 0.25) is 11.9 Å². The largest absolute Gasteiger partial charge is 0.423 e. The number of hydrogen-bond donors (Lipinski definition) is 2. The van der Waals surface area contributed by atoms with Gasteiger partial charge in [-0.05, 0) is 12.8 Å². The summed E-state index contributed by atoms with van der Waals surface area (Å²) >= 11 is 0. The Bertz CT molecular complexity index is 1150. The second-order valence-corrected chi connectivity index (χ2v) is 8.67. The van der Waals surface area contributed by atoms with Crippen molar-refractivity contribution < 1.29 is 35.9 Å². The van der Waals surface area contributed by atoms with Crippen LogP contribution in [0.1, 0.15) is 30.4 Å². The summed E-state index contributed by atoms with van der Waals surface area (Å²) in [6.45, 7) is 1.36. The molecule has 37 heavy (non-hydrogen) atoms. The van der Waals surface area contributed by atoms with Crippen LogP contribution in [-0.2, 0) is 21.9 Å². The molecule has 2 aromatic heterocycles. The highest BCUT2D eigenvalue weighted by Gasteiger charge is 2.38. The maximum atomic E-state index is 13.2. The number of rotatable bonds is 6. The third-order valence-corrected chi connectivity index (χ3v) is 6.14. The van der Waals surface area contributed by atoms with E-state index in [4.69, 9.17) is 4.74 Å². The number of amides is 1. The first-order chi connectivity index (χ1) is 17.4. The van der Waals surface area contributed by atoms with Gasteiger partial charge in [0.15, 0.2) is 0 Å². The summed E-state index contributed by atoms with van der Waals surface area (Å²) in [6.07, 6.45) is -6.76. The number of hydrogen-bond acceptors (Lipinski definition) is 8. The van der Waals surface area contributed by atoms with E-state index in [0.717, 1.165) is 18.6 Å². The molecule has 2 aliphatic rings. The van der Waals surface area contributed by atoms with Crippen molar-refractivity contribution in [3.05, 3.63) is 40.1 Å². The SMILES string of the molecule is O=C(C[C@H]1CC[C@@H](CNc2cn[nH]c(=O)c2C(F)(F)F)O1)N1CCN(c2ncc(C(F)(F)F)cn2)CC1. The molecule has 2 saturated heterocycles. The maximum absolute atomic E-state index is 13.2. The summed E-state index contributed by atoms with van der Waals surface area (Å²) in [7, 11) is 0. The van der Waals surface area contributed by atoms with Crippen LogP contribution in [0.2, 0.25) is 0 Å². The van der Waals surface area contributed by atoms with Gasteiger partial charge < -0.3 is 19.9 Å². The Morgan fingerprint density at radius 2 is 1.65 bits per heavy atom. The van der Waals surface area contributed by atoms with Crippen molar-refractivity contribution in [2.45, 2.75) is 43.8 Å². The van der Waals surface area contributed by atoms with Crippen LogP contribution >= 0.6 is 0 Å². The van der Waals surface area contributed by atoms with E-state index in [1.165, 1.54) is 0 Å². The summed E-state index contributed by atoms with van der Waals surface area (Å²) in [5.74, 6) is -0.0106.